The van der Waals surface area contributed by atoms with Crippen LogP contribution in [0.25, 0.3) is 0 Å². The molecule has 2 fully saturated rings. The molecule has 2 N–H and O–H groups in total. The summed E-state index contributed by atoms with van der Waals surface area (Å²) in [6.45, 7) is 3.45. The molecule has 21 heavy (non-hydrogen) atoms. The van der Waals surface area contributed by atoms with Gasteiger partial charge in [0.2, 0.25) is 15.9 Å². The van der Waals surface area contributed by atoms with E-state index < -0.39 is 10.0 Å². The molecule has 0 radical (unpaired) electrons. The number of rotatable bonds is 5. The number of likely N-dealkylation sites (tertiary alicyclic amines) is 1. The lowest BCUT2D eigenvalue weighted by molar-refractivity contribution is -0.127. The van der Waals surface area contributed by atoms with Crippen LogP contribution in [0, 0.1) is 0 Å². The van der Waals surface area contributed by atoms with Gasteiger partial charge >= 0.3 is 0 Å². The Morgan fingerprint density at radius 3 is 2.19 bits per heavy atom. The smallest absolute Gasteiger partial charge is 0.237 e. The second-order valence-electron chi connectivity index (χ2n) is 6.37. The molecule has 1 saturated heterocycles. The first-order chi connectivity index (χ1) is 9.85. The third kappa shape index (κ3) is 5.23. The molecule has 1 saturated carbocycles. The molecule has 0 aromatic heterocycles. The number of nitrogens with zero attached hydrogens (tertiary/aromatic N) is 1. The molecule has 2 aliphatic rings. The highest BCUT2D eigenvalue weighted by Crippen LogP contribution is 2.19. The maximum Gasteiger partial charge on any atom is 0.237 e. The number of hydrogen-bond acceptors (Lipinski definition) is 4. The Labute approximate surface area is 127 Å². The Balaban J connectivity index is 1.76. The van der Waals surface area contributed by atoms with Gasteiger partial charge in [-0.1, -0.05) is 12.8 Å². The SMILES string of the molecule is CC(C(=O)NC1CCCC1)N1CCC(NS(C)(=O)=O)CC1. The summed E-state index contributed by atoms with van der Waals surface area (Å²) in [5.74, 6) is 0.108. The average Bonchev–Trinajstić information content (AvgIpc) is 2.90. The lowest BCUT2D eigenvalue weighted by Gasteiger charge is -2.35. The molecule has 0 aromatic carbocycles. The summed E-state index contributed by atoms with van der Waals surface area (Å²) in [7, 11) is -3.14. The summed E-state index contributed by atoms with van der Waals surface area (Å²) in [4.78, 5) is 14.4. The van der Waals surface area contributed by atoms with E-state index in [-0.39, 0.29) is 18.0 Å². The van der Waals surface area contributed by atoms with E-state index in [4.69, 9.17) is 0 Å². The van der Waals surface area contributed by atoms with Gasteiger partial charge in [0.1, 0.15) is 0 Å². The minimum Gasteiger partial charge on any atom is -0.352 e. The van der Waals surface area contributed by atoms with E-state index in [2.05, 4.69) is 14.9 Å². The van der Waals surface area contributed by atoms with Crippen LogP contribution in [0.3, 0.4) is 0 Å². The third-order valence-corrected chi connectivity index (χ3v) is 5.30. The Morgan fingerprint density at radius 1 is 1.10 bits per heavy atom. The van der Waals surface area contributed by atoms with E-state index in [1.165, 1.54) is 19.1 Å². The number of amides is 1. The Morgan fingerprint density at radius 2 is 1.67 bits per heavy atom. The van der Waals surface area contributed by atoms with Crippen LogP contribution in [0.5, 0.6) is 0 Å². The van der Waals surface area contributed by atoms with Gasteiger partial charge in [0.15, 0.2) is 0 Å². The second-order valence-corrected chi connectivity index (χ2v) is 8.15. The normalized spacial score (nSPS) is 24.1. The Hall–Kier alpha value is -0.660. The van der Waals surface area contributed by atoms with Gasteiger partial charge in [0, 0.05) is 25.2 Å². The highest BCUT2D eigenvalue weighted by atomic mass is 32.2. The van der Waals surface area contributed by atoms with Crippen molar-refractivity contribution >= 4 is 15.9 Å². The van der Waals surface area contributed by atoms with Gasteiger partial charge < -0.3 is 5.32 Å². The molecule has 1 aliphatic carbocycles. The van der Waals surface area contributed by atoms with Crippen LogP contribution in [-0.4, -0.2) is 56.7 Å². The molecule has 7 heteroatoms. The molecular weight excluding hydrogens is 290 g/mol. The average molecular weight is 317 g/mol. The van der Waals surface area contributed by atoms with E-state index in [1.807, 2.05) is 6.92 Å². The molecule has 1 aliphatic heterocycles. The number of piperidine rings is 1. The van der Waals surface area contributed by atoms with Crippen molar-refractivity contribution in [2.45, 2.75) is 63.6 Å². The number of sulfonamides is 1. The topological polar surface area (TPSA) is 78.5 Å². The van der Waals surface area contributed by atoms with Crippen molar-refractivity contribution in [2.24, 2.45) is 0 Å². The van der Waals surface area contributed by atoms with Crippen molar-refractivity contribution < 1.29 is 13.2 Å². The molecule has 1 amide bonds. The van der Waals surface area contributed by atoms with E-state index in [1.54, 1.807) is 0 Å². The van der Waals surface area contributed by atoms with Crippen LogP contribution in [0.1, 0.15) is 45.4 Å². The van der Waals surface area contributed by atoms with E-state index >= 15 is 0 Å². The lowest BCUT2D eigenvalue weighted by atomic mass is 10.0. The summed E-state index contributed by atoms with van der Waals surface area (Å²) in [6.07, 6.45) is 7.32. The Kier molecular flexibility index (Phi) is 5.62. The first-order valence-corrected chi connectivity index (χ1v) is 9.76. The molecule has 0 aromatic rings. The van der Waals surface area contributed by atoms with Crippen LogP contribution in [0.2, 0.25) is 0 Å². The number of nitrogens with one attached hydrogen (secondary N) is 2. The zero-order chi connectivity index (χ0) is 15.5. The van der Waals surface area contributed by atoms with Crippen molar-refractivity contribution in [3.63, 3.8) is 0 Å². The quantitative estimate of drug-likeness (QED) is 0.771. The largest absolute Gasteiger partial charge is 0.352 e. The number of carbonyl (C=O) groups is 1. The van der Waals surface area contributed by atoms with Crippen molar-refractivity contribution in [1.29, 1.82) is 0 Å². The second kappa shape index (κ2) is 7.07. The van der Waals surface area contributed by atoms with Gasteiger partial charge in [0.25, 0.3) is 0 Å². The first-order valence-electron chi connectivity index (χ1n) is 7.87. The standard InChI is InChI=1S/C14H27N3O3S/c1-11(14(18)15-12-5-3-4-6-12)17-9-7-13(8-10-17)16-21(2,19)20/h11-13,16H,3-10H2,1-2H3,(H,15,18). The molecule has 122 valence electrons. The molecule has 1 atom stereocenters. The molecule has 0 bridgehead atoms. The van der Waals surface area contributed by atoms with Crippen LogP contribution in [0.4, 0.5) is 0 Å². The zero-order valence-corrected chi connectivity index (χ0v) is 13.8. The van der Waals surface area contributed by atoms with Gasteiger partial charge in [0.05, 0.1) is 12.3 Å². The first kappa shape index (κ1) is 16.7. The molecular formula is C14H27N3O3S. The van der Waals surface area contributed by atoms with Crippen LogP contribution in [-0.2, 0) is 14.8 Å². The van der Waals surface area contributed by atoms with E-state index in [0.29, 0.717) is 6.04 Å². The molecule has 6 nitrogen and oxygen atoms in total. The van der Waals surface area contributed by atoms with E-state index in [9.17, 15) is 13.2 Å². The predicted octanol–water partition coefficient (Wildman–Crippen LogP) is 0.447. The van der Waals surface area contributed by atoms with Crippen LogP contribution < -0.4 is 10.0 Å². The monoisotopic (exact) mass is 317 g/mol. The highest BCUT2D eigenvalue weighted by molar-refractivity contribution is 7.88. The van der Waals surface area contributed by atoms with Gasteiger partial charge in [-0.3, -0.25) is 9.69 Å². The fourth-order valence-electron chi connectivity index (χ4n) is 3.27. The van der Waals surface area contributed by atoms with Crippen molar-refractivity contribution in [3.8, 4) is 0 Å². The van der Waals surface area contributed by atoms with Crippen molar-refractivity contribution in [1.82, 2.24) is 14.9 Å². The Bertz CT molecular complexity index is 452. The number of carbonyl (C=O) groups excluding carboxylic acids is 1. The molecule has 0 spiro atoms. The van der Waals surface area contributed by atoms with Crippen LogP contribution >= 0.6 is 0 Å². The fourth-order valence-corrected chi connectivity index (χ4v) is 4.11. The van der Waals surface area contributed by atoms with Crippen molar-refractivity contribution in [2.75, 3.05) is 19.3 Å². The summed E-state index contributed by atoms with van der Waals surface area (Å²) in [6, 6.07) is 0.218. The summed E-state index contributed by atoms with van der Waals surface area (Å²) in [5, 5.41) is 3.13. The fraction of sp³-hybridized carbons (Fsp3) is 0.929. The molecule has 1 unspecified atom stereocenters. The van der Waals surface area contributed by atoms with Gasteiger partial charge in [-0.15, -0.1) is 0 Å². The minimum absolute atomic E-state index is 0.00124. The van der Waals surface area contributed by atoms with Gasteiger partial charge in [-0.2, -0.15) is 0 Å². The minimum atomic E-state index is -3.14. The van der Waals surface area contributed by atoms with Crippen LogP contribution in [0.15, 0.2) is 0 Å². The summed E-state index contributed by atoms with van der Waals surface area (Å²) >= 11 is 0. The predicted molar refractivity (Wildman–Crippen MR) is 82.4 cm³/mol. The summed E-state index contributed by atoms with van der Waals surface area (Å²) < 4.78 is 25.1. The maximum absolute atomic E-state index is 12.2. The number of hydrogen-bond donors (Lipinski definition) is 2. The zero-order valence-electron chi connectivity index (χ0n) is 13.0. The van der Waals surface area contributed by atoms with Gasteiger partial charge in [-0.25, -0.2) is 13.1 Å². The summed E-state index contributed by atoms with van der Waals surface area (Å²) in [5.41, 5.74) is 0. The molecule has 1 heterocycles. The maximum atomic E-state index is 12.2. The van der Waals surface area contributed by atoms with Crippen molar-refractivity contribution in [3.05, 3.63) is 0 Å². The third-order valence-electron chi connectivity index (χ3n) is 4.54. The van der Waals surface area contributed by atoms with E-state index in [0.717, 1.165) is 38.8 Å². The molecule has 2 rings (SSSR count). The van der Waals surface area contributed by atoms with Gasteiger partial charge in [-0.05, 0) is 32.6 Å². The highest BCUT2D eigenvalue weighted by Gasteiger charge is 2.29. The lowest BCUT2D eigenvalue weighted by Crippen LogP contribution is -2.52.